The van der Waals surface area contributed by atoms with Crippen LogP contribution in [0, 0.1) is 12.8 Å². The maximum atomic E-state index is 13.7. The average Bonchev–Trinajstić information content (AvgIpc) is 3.29. The molecule has 0 unspecified atom stereocenters. The van der Waals surface area contributed by atoms with Crippen molar-refractivity contribution in [1.82, 2.24) is 25.1 Å². The summed E-state index contributed by atoms with van der Waals surface area (Å²) in [7, 11) is -0.603. The van der Waals surface area contributed by atoms with Gasteiger partial charge in [-0.2, -0.15) is 0 Å². The Morgan fingerprint density at radius 1 is 1.03 bits per heavy atom. The van der Waals surface area contributed by atoms with Gasteiger partial charge in [-0.15, -0.1) is 10.2 Å². The lowest BCUT2D eigenvalue weighted by molar-refractivity contribution is 0.390. The van der Waals surface area contributed by atoms with Crippen molar-refractivity contribution >= 4 is 15.7 Å². The fourth-order valence-electron chi connectivity index (χ4n) is 4.15. The Balaban J connectivity index is 1.80. The Kier molecular flexibility index (Phi) is 7.63. The lowest BCUT2D eigenvalue weighted by Crippen LogP contribution is -2.38. The number of nitrogens with one attached hydrogen (secondary N) is 1. The van der Waals surface area contributed by atoms with E-state index in [2.05, 4.69) is 25.5 Å². The number of nitrogens with zero attached hydrogens (tertiary/aromatic N) is 5. The van der Waals surface area contributed by atoms with Crippen LogP contribution in [0.3, 0.4) is 0 Å². The molecule has 196 valence electrons. The van der Waals surface area contributed by atoms with E-state index >= 15 is 0 Å². The van der Waals surface area contributed by atoms with E-state index in [1.54, 1.807) is 50.0 Å². The van der Waals surface area contributed by atoms with Crippen LogP contribution in [0.4, 0.5) is 0 Å². The summed E-state index contributed by atoms with van der Waals surface area (Å²) in [6.45, 7) is 7.95. The van der Waals surface area contributed by atoms with Gasteiger partial charge in [0, 0.05) is 17.8 Å². The Morgan fingerprint density at radius 3 is 2.30 bits per heavy atom. The Bertz CT molecular complexity index is 1440. The smallest absolute Gasteiger partial charge is 0.187 e. The number of rotatable bonds is 9. The summed E-state index contributed by atoms with van der Waals surface area (Å²) < 4.78 is 40.3. The minimum atomic E-state index is -3.69. The molecule has 0 saturated carbocycles. The molecular formula is C26H32N6O4S. The molecule has 1 aliphatic heterocycles. The Morgan fingerprint density at radius 2 is 1.70 bits per heavy atom. The maximum absolute atomic E-state index is 13.7. The van der Waals surface area contributed by atoms with E-state index in [-0.39, 0.29) is 17.5 Å². The highest BCUT2D eigenvalue weighted by Gasteiger charge is 2.33. The van der Waals surface area contributed by atoms with Gasteiger partial charge < -0.3 is 14.8 Å². The van der Waals surface area contributed by atoms with Crippen LogP contribution in [0.1, 0.15) is 32.3 Å². The summed E-state index contributed by atoms with van der Waals surface area (Å²) in [5, 5.41) is 11.1. The SMILES string of the molecule is COc1cccc(OC)c1-n1c(CS(=O)(=O)[C@@H](C)[C@H](C)C2=NCC(C)=CN2)nnc1-c1cccc(C)n1. The van der Waals surface area contributed by atoms with Crippen LogP contribution < -0.4 is 14.8 Å². The van der Waals surface area contributed by atoms with Crippen molar-refractivity contribution < 1.29 is 17.9 Å². The first-order chi connectivity index (χ1) is 17.7. The fraction of sp³-hybridized carbons (Fsp3) is 0.385. The van der Waals surface area contributed by atoms with Gasteiger partial charge >= 0.3 is 0 Å². The first kappa shape index (κ1) is 26.3. The summed E-state index contributed by atoms with van der Waals surface area (Å²) in [6.07, 6.45) is 1.86. The second kappa shape index (κ2) is 10.7. The molecule has 0 amide bonds. The minimum absolute atomic E-state index is 0.231. The summed E-state index contributed by atoms with van der Waals surface area (Å²) in [5.74, 6) is 1.54. The molecule has 1 aromatic carbocycles. The fourth-order valence-corrected chi connectivity index (χ4v) is 5.71. The highest BCUT2D eigenvalue weighted by molar-refractivity contribution is 7.91. The van der Waals surface area contributed by atoms with E-state index in [9.17, 15) is 8.42 Å². The molecule has 1 N–H and O–H groups in total. The predicted molar refractivity (Wildman–Crippen MR) is 143 cm³/mol. The number of amidine groups is 1. The number of aromatic nitrogens is 4. The number of hydrogen-bond acceptors (Lipinski definition) is 9. The molecule has 4 rings (SSSR count). The van der Waals surface area contributed by atoms with Gasteiger partial charge in [0.15, 0.2) is 21.5 Å². The topological polar surface area (TPSA) is 121 Å². The summed E-state index contributed by atoms with van der Waals surface area (Å²) >= 11 is 0. The van der Waals surface area contributed by atoms with Gasteiger partial charge in [0.2, 0.25) is 0 Å². The Labute approximate surface area is 217 Å². The summed E-state index contributed by atoms with van der Waals surface area (Å²) in [6, 6.07) is 10.9. The number of aliphatic imine (C=N–C) groups is 1. The molecule has 0 saturated heterocycles. The van der Waals surface area contributed by atoms with Crippen LogP contribution in [-0.4, -0.2) is 60.0 Å². The van der Waals surface area contributed by atoms with Gasteiger partial charge in [0.25, 0.3) is 0 Å². The highest BCUT2D eigenvalue weighted by Crippen LogP contribution is 2.36. The third kappa shape index (κ3) is 5.36. The van der Waals surface area contributed by atoms with Crippen LogP contribution in [0.25, 0.3) is 17.2 Å². The largest absolute Gasteiger partial charge is 0.494 e. The van der Waals surface area contributed by atoms with Crippen molar-refractivity contribution in [3.05, 3.63) is 59.7 Å². The maximum Gasteiger partial charge on any atom is 0.187 e. The van der Waals surface area contributed by atoms with Crippen molar-refractivity contribution in [3.8, 4) is 28.7 Å². The minimum Gasteiger partial charge on any atom is -0.494 e. The molecular weight excluding hydrogens is 492 g/mol. The van der Waals surface area contributed by atoms with Gasteiger partial charge in [0.1, 0.15) is 34.5 Å². The van der Waals surface area contributed by atoms with E-state index in [1.165, 1.54) is 0 Å². The first-order valence-corrected chi connectivity index (χ1v) is 13.7. The van der Waals surface area contributed by atoms with Gasteiger partial charge in [-0.3, -0.25) is 9.56 Å². The van der Waals surface area contributed by atoms with Gasteiger partial charge in [-0.25, -0.2) is 13.4 Å². The number of benzene rings is 1. The molecule has 37 heavy (non-hydrogen) atoms. The van der Waals surface area contributed by atoms with E-state index in [0.29, 0.717) is 41.1 Å². The van der Waals surface area contributed by atoms with Crippen LogP contribution in [0.2, 0.25) is 0 Å². The van der Waals surface area contributed by atoms with Crippen LogP contribution in [0.5, 0.6) is 11.5 Å². The molecule has 0 aliphatic carbocycles. The second-order valence-corrected chi connectivity index (χ2v) is 11.4. The zero-order valence-corrected chi connectivity index (χ0v) is 22.7. The lowest BCUT2D eigenvalue weighted by atomic mass is 10.1. The predicted octanol–water partition coefficient (Wildman–Crippen LogP) is 3.50. The third-order valence-electron chi connectivity index (χ3n) is 6.47. The molecule has 1 aliphatic rings. The van der Waals surface area contributed by atoms with E-state index < -0.39 is 15.1 Å². The van der Waals surface area contributed by atoms with Crippen molar-refractivity contribution in [1.29, 1.82) is 0 Å². The van der Waals surface area contributed by atoms with E-state index in [0.717, 1.165) is 11.3 Å². The van der Waals surface area contributed by atoms with E-state index in [4.69, 9.17) is 9.47 Å². The molecule has 0 spiro atoms. The summed E-state index contributed by atoms with van der Waals surface area (Å²) in [4.78, 5) is 9.11. The van der Waals surface area contributed by atoms with Crippen molar-refractivity contribution in [3.63, 3.8) is 0 Å². The number of pyridine rings is 1. The van der Waals surface area contributed by atoms with Crippen molar-refractivity contribution in [2.45, 2.75) is 38.7 Å². The number of sulfone groups is 1. The molecule has 0 fully saturated rings. The molecule has 0 bridgehead atoms. The van der Waals surface area contributed by atoms with E-state index in [1.807, 2.05) is 39.1 Å². The normalized spacial score (nSPS) is 15.3. The second-order valence-electron chi connectivity index (χ2n) is 9.09. The van der Waals surface area contributed by atoms with Crippen molar-refractivity contribution in [2.24, 2.45) is 10.9 Å². The molecule has 3 aromatic rings. The molecule has 0 radical (unpaired) electrons. The highest BCUT2D eigenvalue weighted by atomic mass is 32.2. The number of methoxy groups -OCH3 is 2. The Hall–Kier alpha value is -3.73. The van der Waals surface area contributed by atoms with Crippen molar-refractivity contribution in [2.75, 3.05) is 20.8 Å². The third-order valence-corrected chi connectivity index (χ3v) is 8.67. The molecule has 2 atom stereocenters. The average molecular weight is 525 g/mol. The number of ether oxygens (including phenoxy) is 2. The van der Waals surface area contributed by atoms with Crippen LogP contribution in [-0.2, 0) is 15.6 Å². The molecule has 11 heteroatoms. The standard InChI is InChI=1S/C26H32N6O4S/c1-16-13-27-25(28-14-16)18(3)19(4)37(33,34)15-23-30-31-26(20-10-7-9-17(2)29-20)32(23)24-21(35-5)11-8-12-22(24)36-6/h7-13,18-19H,14-15H2,1-6H3,(H,27,28)/t18-,19-/m0/s1. The zero-order chi connectivity index (χ0) is 26.7. The van der Waals surface area contributed by atoms with Crippen LogP contribution in [0.15, 0.2) is 53.2 Å². The molecule has 2 aromatic heterocycles. The monoisotopic (exact) mass is 524 g/mol. The number of para-hydroxylation sites is 1. The zero-order valence-electron chi connectivity index (χ0n) is 21.9. The number of aryl methyl sites for hydroxylation is 1. The van der Waals surface area contributed by atoms with Gasteiger partial charge in [-0.05, 0) is 50.6 Å². The lowest BCUT2D eigenvalue weighted by Gasteiger charge is -2.24. The first-order valence-electron chi connectivity index (χ1n) is 11.9. The van der Waals surface area contributed by atoms with Crippen LogP contribution >= 0.6 is 0 Å². The molecule has 3 heterocycles. The summed E-state index contributed by atoms with van der Waals surface area (Å²) in [5.41, 5.74) is 2.93. The molecule has 10 nitrogen and oxygen atoms in total. The quantitative estimate of drug-likeness (QED) is 0.452. The van der Waals surface area contributed by atoms with Gasteiger partial charge in [-0.1, -0.05) is 19.1 Å². The number of hydrogen-bond donors (Lipinski definition) is 1. The van der Waals surface area contributed by atoms with Gasteiger partial charge in [0.05, 0.1) is 26.0 Å².